The van der Waals surface area contributed by atoms with E-state index >= 15 is 0 Å². The van der Waals surface area contributed by atoms with Crippen LogP contribution in [0.1, 0.15) is 48.0 Å². The Bertz CT molecular complexity index is 958. The van der Waals surface area contributed by atoms with E-state index in [1.165, 1.54) is 56.0 Å². The molecule has 2 aromatic rings. The number of aryl methyl sites for hydroxylation is 1. The Balaban J connectivity index is 1.60. The van der Waals surface area contributed by atoms with Crippen LogP contribution in [0.5, 0.6) is 0 Å². The minimum absolute atomic E-state index is 0.0414. The molecule has 0 spiro atoms. The molecule has 0 radical (unpaired) electrons. The van der Waals surface area contributed by atoms with E-state index in [1.807, 2.05) is 6.07 Å². The number of anilines is 1. The summed E-state index contributed by atoms with van der Waals surface area (Å²) < 4.78 is 0. The van der Waals surface area contributed by atoms with Crippen LogP contribution in [0, 0.1) is 23.0 Å². The van der Waals surface area contributed by atoms with Crippen LogP contribution in [0.4, 0.5) is 11.4 Å². The summed E-state index contributed by atoms with van der Waals surface area (Å²) in [5, 5.41) is 16.8. The highest BCUT2D eigenvalue weighted by Gasteiger charge is 2.17. The van der Waals surface area contributed by atoms with Gasteiger partial charge >= 0.3 is 0 Å². The van der Waals surface area contributed by atoms with E-state index in [9.17, 15) is 19.7 Å². The Morgan fingerprint density at radius 2 is 1.87 bits per heavy atom. The first-order chi connectivity index (χ1) is 14.9. The van der Waals surface area contributed by atoms with Crippen molar-refractivity contribution in [3.63, 3.8) is 0 Å². The van der Waals surface area contributed by atoms with Crippen LogP contribution >= 0.6 is 11.8 Å². The number of nitro benzene ring substituents is 1. The fraction of sp³-hybridized carbons (Fsp3) is 0.391. The van der Waals surface area contributed by atoms with Gasteiger partial charge < -0.3 is 10.6 Å². The van der Waals surface area contributed by atoms with Gasteiger partial charge in [0.25, 0.3) is 11.6 Å². The van der Waals surface area contributed by atoms with Crippen molar-refractivity contribution in [2.75, 3.05) is 17.6 Å². The lowest BCUT2D eigenvalue weighted by molar-refractivity contribution is -0.384. The summed E-state index contributed by atoms with van der Waals surface area (Å²) >= 11 is 1.31. The molecule has 0 bridgehead atoms. The molecule has 1 aliphatic carbocycles. The number of benzene rings is 2. The molecule has 164 valence electrons. The maximum atomic E-state index is 12.9. The van der Waals surface area contributed by atoms with Gasteiger partial charge in [-0.3, -0.25) is 19.7 Å². The Hall–Kier alpha value is -2.87. The van der Waals surface area contributed by atoms with E-state index in [2.05, 4.69) is 10.6 Å². The summed E-state index contributed by atoms with van der Waals surface area (Å²) in [4.78, 5) is 36.4. The molecule has 2 amide bonds. The fourth-order valence-electron chi connectivity index (χ4n) is 3.67. The average molecular weight is 442 g/mol. The molecule has 1 saturated carbocycles. The summed E-state index contributed by atoms with van der Waals surface area (Å²) in [5.74, 6) is 0.390. The quantitative estimate of drug-likeness (QED) is 0.343. The second-order valence-corrected chi connectivity index (χ2v) is 8.82. The van der Waals surface area contributed by atoms with Gasteiger partial charge in [0, 0.05) is 23.6 Å². The van der Waals surface area contributed by atoms with Crippen molar-refractivity contribution < 1.29 is 14.5 Å². The number of thioether (sulfide) groups is 1. The molecule has 0 heterocycles. The van der Waals surface area contributed by atoms with Gasteiger partial charge in [-0.1, -0.05) is 37.5 Å². The predicted octanol–water partition coefficient (Wildman–Crippen LogP) is 4.94. The molecule has 0 unspecified atom stereocenters. The molecule has 2 aromatic carbocycles. The largest absolute Gasteiger partial charge is 0.355 e. The first-order valence-corrected chi connectivity index (χ1v) is 11.5. The van der Waals surface area contributed by atoms with Crippen LogP contribution in [0.15, 0.2) is 47.4 Å². The molecule has 7 nitrogen and oxygen atoms in total. The third-order valence-electron chi connectivity index (χ3n) is 5.48. The number of hydrogen-bond donors (Lipinski definition) is 2. The lowest BCUT2D eigenvalue weighted by atomic mass is 9.89. The molecule has 1 aliphatic rings. The minimum atomic E-state index is -0.495. The highest BCUT2D eigenvalue weighted by atomic mass is 32.2. The van der Waals surface area contributed by atoms with Gasteiger partial charge in [0.1, 0.15) is 0 Å². The highest BCUT2D eigenvalue weighted by molar-refractivity contribution is 8.00. The highest BCUT2D eigenvalue weighted by Crippen LogP contribution is 2.26. The average Bonchev–Trinajstić information content (AvgIpc) is 2.78. The van der Waals surface area contributed by atoms with E-state index in [0.717, 1.165) is 5.56 Å². The van der Waals surface area contributed by atoms with Crippen molar-refractivity contribution in [2.24, 2.45) is 5.92 Å². The van der Waals surface area contributed by atoms with Crippen LogP contribution in [-0.2, 0) is 4.79 Å². The Labute approximate surface area is 186 Å². The van der Waals surface area contributed by atoms with Crippen molar-refractivity contribution in [2.45, 2.75) is 43.9 Å². The van der Waals surface area contributed by atoms with Crippen molar-refractivity contribution in [3.8, 4) is 0 Å². The van der Waals surface area contributed by atoms with Gasteiger partial charge in [-0.05, 0) is 43.4 Å². The number of carbonyl (C=O) groups is 2. The zero-order chi connectivity index (χ0) is 22.2. The summed E-state index contributed by atoms with van der Waals surface area (Å²) in [7, 11) is 0. The molecule has 3 rings (SSSR count). The smallest absolute Gasteiger partial charge is 0.271 e. The first-order valence-electron chi connectivity index (χ1n) is 10.5. The number of rotatable bonds is 8. The molecule has 31 heavy (non-hydrogen) atoms. The molecule has 1 fully saturated rings. The Morgan fingerprint density at radius 3 is 2.61 bits per heavy atom. The molecular weight excluding hydrogens is 414 g/mol. The Morgan fingerprint density at radius 1 is 1.13 bits per heavy atom. The third-order valence-corrected chi connectivity index (χ3v) is 6.56. The van der Waals surface area contributed by atoms with Crippen molar-refractivity contribution in [1.29, 1.82) is 0 Å². The van der Waals surface area contributed by atoms with Crippen LogP contribution in [-0.4, -0.2) is 29.0 Å². The SMILES string of the molecule is Cc1ccc([N+](=O)[O-])cc1NC(=O)c1ccccc1SCC(=O)NCC1CCCCC1. The minimum Gasteiger partial charge on any atom is -0.355 e. The van der Waals surface area contributed by atoms with Gasteiger partial charge in [0.2, 0.25) is 5.91 Å². The van der Waals surface area contributed by atoms with Gasteiger partial charge in [0.05, 0.1) is 21.9 Å². The van der Waals surface area contributed by atoms with E-state index in [0.29, 0.717) is 28.6 Å². The van der Waals surface area contributed by atoms with Crippen molar-refractivity contribution in [1.82, 2.24) is 5.32 Å². The van der Waals surface area contributed by atoms with Gasteiger partial charge in [-0.15, -0.1) is 11.8 Å². The van der Waals surface area contributed by atoms with E-state index in [4.69, 9.17) is 0 Å². The molecule has 2 N–H and O–H groups in total. The molecule has 8 heteroatoms. The van der Waals surface area contributed by atoms with E-state index in [-0.39, 0.29) is 23.3 Å². The van der Waals surface area contributed by atoms with Gasteiger partial charge in [-0.25, -0.2) is 0 Å². The summed E-state index contributed by atoms with van der Waals surface area (Å²) in [5.41, 5.74) is 1.46. The van der Waals surface area contributed by atoms with Crippen LogP contribution in [0.3, 0.4) is 0 Å². The zero-order valence-electron chi connectivity index (χ0n) is 17.6. The van der Waals surface area contributed by atoms with Crippen LogP contribution < -0.4 is 10.6 Å². The third kappa shape index (κ3) is 6.55. The lowest BCUT2D eigenvalue weighted by Gasteiger charge is -2.21. The first kappa shape index (κ1) is 22.8. The standard InChI is InChI=1S/C23H27N3O4S/c1-16-11-12-18(26(29)30)13-20(16)25-23(28)19-9-5-6-10-21(19)31-15-22(27)24-14-17-7-3-2-4-8-17/h5-6,9-13,17H,2-4,7-8,14-15H2,1H3,(H,24,27)(H,25,28). The summed E-state index contributed by atoms with van der Waals surface area (Å²) in [6.07, 6.45) is 6.11. The van der Waals surface area contributed by atoms with E-state index in [1.54, 1.807) is 31.2 Å². The number of nitrogens with zero attached hydrogens (tertiary/aromatic N) is 1. The number of carbonyl (C=O) groups excluding carboxylic acids is 2. The number of hydrogen-bond acceptors (Lipinski definition) is 5. The maximum Gasteiger partial charge on any atom is 0.271 e. The lowest BCUT2D eigenvalue weighted by Crippen LogP contribution is -2.31. The molecular formula is C23H27N3O4S. The summed E-state index contributed by atoms with van der Waals surface area (Å²) in [6.45, 7) is 2.49. The number of nitrogens with one attached hydrogen (secondary N) is 2. The second kappa shape index (κ2) is 10.9. The zero-order valence-corrected chi connectivity index (χ0v) is 18.4. The van der Waals surface area contributed by atoms with Crippen LogP contribution in [0.25, 0.3) is 0 Å². The number of non-ortho nitro benzene ring substituents is 1. The summed E-state index contributed by atoms with van der Waals surface area (Å²) in [6, 6.07) is 11.4. The van der Waals surface area contributed by atoms with Crippen LogP contribution in [0.2, 0.25) is 0 Å². The number of nitro groups is 1. The maximum absolute atomic E-state index is 12.9. The normalized spacial score (nSPS) is 14.1. The molecule has 0 aliphatic heterocycles. The van der Waals surface area contributed by atoms with Crippen molar-refractivity contribution >= 4 is 35.0 Å². The van der Waals surface area contributed by atoms with E-state index < -0.39 is 4.92 Å². The second-order valence-electron chi connectivity index (χ2n) is 7.80. The van der Waals surface area contributed by atoms with Crippen molar-refractivity contribution in [3.05, 3.63) is 63.7 Å². The van der Waals surface area contributed by atoms with Gasteiger partial charge in [0.15, 0.2) is 0 Å². The molecule has 0 atom stereocenters. The molecule has 0 aromatic heterocycles. The number of amides is 2. The van der Waals surface area contributed by atoms with Gasteiger partial charge in [-0.2, -0.15) is 0 Å². The molecule has 0 saturated heterocycles. The monoisotopic (exact) mass is 441 g/mol. The predicted molar refractivity (Wildman–Crippen MR) is 123 cm³/mol. The topological polar surface area (TPSA) is 101 Å². The Kier molecular flexibility index (Phi) is 8.06. The fourth-order valence-corrected chi connectivity index (χ4v) is 4.55.